The van der Waals surface area contributed by atoms with Crippen LogP contribution in [0.3, 0.4) is 0 Å². The Labute approximate surface area is 132 Å². The van der Waals surface area contributed by atoms with Gasteiger partial charge in [0, 0.05) is 17.1 Å². The largest absolute Gasteiger partial charge is 0.345 e. The van der Waals surface area contributed by atoms with Crippen molar-refractivity contribution in [3.8, 4) is 0 Å². The Kier molecular flexibility index (Phi) is 4.02. The van der Waals surface area contributed by atoms with Crippen LogP contribution in [0.1, 0.15) is 28.9 Å². The van der Waals surface area contributed by atoms with E-state index in [2.05, 4.69) is 10.3 Å². The second kappa shape index (κ2) is 6.12. The summed E-state index contributed by atoms with van der Waals surface area (Å²) in [5, 5.41) is 3.54. The van der Waals surface area contributed by atoms with Gasteiger partial charge in [0.25, 0.3) is 5.91 Å². The van der Waals surface area contributed by atoms with Crippen molar-refractivity contribution in [1.82, 2.24) is 10.3 Å². The molecule has 0 saturated carbocycles. The number of fused-ring (bicyclic) bond motifs is 1. The molecule has 0 fully saturated rings. The van der Waals surface area contributed by atoms with E-state index in [1.807, 2.05) is 12.1 Å². The summed E-state index contributed by atoms with van der Waals surface area (Å²) in [7, 11) is 0. The molecule has 3 nitrogen and oxygen atoms in total. The van der Waals surface area contributed by atoms with Gasteiger partial charge in [-0.05, 0) is 42.8 Å². The van der Waals surface area contributed by atoms with E-state index in [1.54, 1.807) is 31.3 Å². The highest BCUT2D eigenvalue weighted by atomic mass is 19.2. The second-order valence-electron chi connectivity index (χ2n) is 5.24. The summed E-state index contributed by atoms with van der Waals surface area (Å²) in [6.45, 7) is 1.72. The van der Waals surface area contributed by atoms with Crippen LogP contribution in [-0.4, -0.2) is 10.9 Å². The highest BCUT2D eigenvalue weighted by Crippen LogP contribution is 2.19. The number of halogens is 2. The van der Waals surface area contributed by atoms with Gasteiger partial charge in [0.15, 0.2) is 11.6 Å². The van der Waals surface area contributed by atoms with E-state index in [1.165, 1.54) is 6.07 Å². The molecule has 1 atom stereocenters. The Morgan fingerprint density at radius 2 is 1.91 bits per heavy atom. The van der Waals surface area contributed by atoms with Crippen molar-refractivity contribution < 1.29 is 13.6 Å². The first-order valence-electron chi connectivity index (χ1n) is 7.16. The Bertz CT molecular complexity index is 875. The first kappa shape index (κ1) is 15.1. The van der Waals surface area contributed by atoms with Crippen LogP contribution in [0.2, 0.25) is 0 Å². The maximum Gasteiger partial charge on any atom is 0.252 e. The monoisotopic (exact) mass is 312 g/mol. The lowest BCUT2D eigenvalue weighted by Gasteiger charge is -2.15. The summed E-state index contributed by atoms with van der Waals surface area (Å²) >= 11 is 0. The van der Waals surface area contributed by atoms with Crippen molar-refractivity contribution in [3.05, 3.63) is 77.5 Å². The third kappa shape index (κ3) is 3.04. The quantitative estimate of drug-likeness (QED) is 0.794. The standard InChI is InChI=1S/C18H14F2N2O/c1-11(12-7-8-15(19)16(20)10-12)22-18(23)14-4-2-6-17-13(14)5-3-9-21-17/h2-11H,1H3,(H,22,23)/t11-/m0/s1. The van der Waals surface area contributed by atoms with Crippen molar-refractivity contribution in [3.63, 3.8) is 0 Å². The van der Waals surface area contributed by atoms with Gasteiger partial charge in [-0.1, -0.05) is 18.2 Å². The minimum atomic E-state index is -0.932. The molecule has 1 aromatic heterocycles. The van der Waals surface area contributed by atoms with Crippen LogP contribution in [0.5, 0.6) is 0 Å². The third-order valence-electron chi connectivity index (χ3n) is 3.68. The van der Waals surface area contributed by atoms with Gasteiger partial charge >= 0.3 is 0 Å². The molecule has 3 aromatic rings. The molecule has 0 bridgehead atoms. The fourth-order valence-electron chi connectivity index (χ4n) is 2.44. The first-order valence-corrected chi connectivity index (χ1v) is 7.16. The number of hydrogen-bond acceptors (Lipinski definition) is 2. The highest BCUT2D eigenvalue weighted by Gasteiger charge is 2.15. The summed E-state index contributed by atoms with van der Waals surface area (Å²) in [6.07, 6.45) is 1.66. The summed E-state index contributed by atoms with van der Waals surface area (Å²) < 4.78 is 26.3. The third-order valence-corrected chi connectivity index (χ3v) is 3.68. The number of aromatic nitrogens is 1. The smallest absolute Gasteiger partial charge is 0.252 e. The number of nitrogens with one attached hydrogen (secondary N) is 1. The average Bonchev–Trinajstić information content (AvgIpc) is 2.56. The first-order chi connectivity index (χ1) is 11.1. The predicted octanol–water partition coefficient (Wildman–Crippen LogP) is 4.00. The van der Waals surface area contributed by atoms with Crippen molar-refractivity contribution in [2.75, 3.05) is 0 Å². The number of pyridine rings is 1. The van der Waals surface area contributed by atoms with Gasteiger partial charge in [0.05, 0.1) is 11.6 Å². The van der Waals surface area contributed by atoms with Crippen LogP contribution in [-0.2, 0) is 0 Å². The van der Waals surface area contributed by atoms with E-state index < -0.39 is 17.7 Å². The van der Waals surface area contributed by atoms with Crippen molar-refractivity contribution in [2.45, 2.75) is 13.0 Å². The van der Waals surface area contributed by atoms with E-state index >= 15 is 0 Å². The van der Waals surface area contributed by atoms with Gasteiger partial charge in [-0.15, -0.1) is 0 Å². The van der Waals surface area contributed by atoms with Gasteiger partial charge in [-0.25, -0.2) is 8.78 Å². The molecule has 3 rings (SSSR count). The van der Waals surface area contributed by atoms with Crippen molar-refractivity contribution in [2.24, 2.45) is 0 Å². The zero-order valence-electron chi connectivity index (χ0n) is 12.4. The van der Waals surface area contributed by atoms with Crippen molar-refractivity contribution in [1.29, 1.82) is 0 Å². The van der Waals surface area contributed by atoms with Crippen LogP contribution in [0.4, 0.5) is 8.78 Å². The summed E-state index contributed by atoms with van der Waals surface area (Å²) in [5.74, 6) is -2.13. The van der Waals surface area contributed by atoms with Crippen LogP contribution >= 0.6 is 0 Å². The molecule has 0 aliphatic rings. The fourth-order valence-corrected chi connectivity index (χ4v) is 2.44. The molecule has 1 amide bonds. The summed E-state index contributed by atoms with van der Waals surface area (Å²) in [5.41, 5.74) is 1.71. The molecular weight excluding hydrogens is 298 g/mol. The lowest BCUT2D eigenvalue weighted by molar-refractivity contribution is 0.0941. The molecule has 0 spiro atoms. The van der Waals surface area contributed by atoms with Crippen LogP contribution in [0.15, 0.2) is 54.7 Å². The van der Waals surface area contributed by atoms with Gasteiger partial charge in [-0.2, -0.15) is 0 Å². The molecule has 23 heavy (non-hydrogen) atoms. The summed E-state index contributed by atoms with van der Waals surface area (Å²) in [6, 6.07) is 12.0. The Hall–Kier alpha value is -2.82. The van der Waals surface area contributed by atoms with Crippen LogP contribution in [0.25, 0.3) is 10.9 Å². The number of hydrogen-bond donors (Lipinski definition) is 1. The van der Waals surface area contributed by atoms with E-state index in [9.17, 15) is 13.6 Å². The van der Waals surface area contributed by atoms with Crippen molar-refractivity contribution >= 4 is 16.8 Å². The Balaban J connectivity index is 1.87. The number of carbonyl (C=O) groups excluding carboxylic acids is 1. The Morgan fingerprint density at radius 1 is 1.09 bits per heavy atom. The lowest BCUT2D eigenvalue weighted by Crippen LogP contribution is -2.27. The minimum Gasteiger partial charge on any atom is -0.345 e. The number of carbonyl (C=O) groups is 1. The fraction of sp³-hybridized carbons (Fsp3) is 0.111. The molecule has 1 heterocycles. The molecular formula is C18H14F2N2O. The predicted molar refractivity (Wildman–Crippen MR) is 84.0 cm³/mol. The molecule has 1 N–H and O–H groups in total. The van der Waals surface area contributed by atoms with Gasteiger partial charge < -0.3 is 5.32 Å². The number of rotatable bonds is 3. The van der Waals surface area contributed by atoms with E-state index in [4.69, 9.17) is 0 Å². The van der Waals surface area contributed by atoms with E-state index in [0.29, 0.717) is 11.1 Å². The Morgan fingerprint density at radius 3 is 2.70 bits per heavy atom. The zero-order chi connectivity index (χ0) is 16.4. The molecule has 0 aliphatic heterocycles. The second-order valence-corrected chi connectivity index (χ2v) is 5.24. The molecule has 116 valence electrons. The minimum absolute atomic E-state index is 0.291. The van der Waals surface area contributed by atoms with Gasteiger partial charge in [0.1, 0.15) is 0 Å². The number of nitrogens with zero attached hydrogens (tertiary/aromatic N) is 1. The molecule has 0 saturated heterocycles. The topological polar surface area (TPSA) is 42.0 Å². The average molecular weight is 312 g/mol. The number of benzene rings is 2. The maximum absolute atomic E-state index is 13.3. The lowest BCUT2D eigenvalue weighted by atomic mass is 10.1. The molecule has 0 radical (unpaired) electrons. The van der Waals surface area contributed by atoms with Crippen LogP contribution in [0, 0.1) is 11.6 Å². The normalized spacial score (nSPS) is 12.1. The van der Waals surface area contributed by atoms with Crippen LogP contribution < -0.4 is 5.32 Å². The van der Waals surface area contributed by atoms with Gasteiger partial charge in [0.2, 0.25) is 0 Å². The van der Waals surface area contributed by atoms with Gasteiger partial charge in [-0.3, -0.25) is 9.78 Å². The zero-order valence-corrected chi connectivity index (χ0v) is 12.4. The molecule has 2 aromatic carbocycles. The summed E-state index contributed by atoms with van der Waals surface area (Å²) in [4.78, 5) is 16.7. The van der Waals surface area contributed by atoms with E-state index in [0.717, 1.165) is 23.0 Å². The molecule has 5 heteroatoms. The van der Waals surface area contributed by atoms with E-state index in [-0.39, 0.29) is 5.91 Å². The molecule has 0 aliphatic carbocycles. The number of amides is 1. The maximum atomic E-state index is 13.3. The highest BCUT2D eigenvalue weighted by molar-refractivity contribution is 6.06. The SMILES string of the molecule is C[C@H](NC(=O)c1cccc2ncccc12)c1ccc(F)c(F)c1. The molecule has 0 unspecified atom stereocenters.